The van der Waals surface area contributed by atoms with E-state index in [9.17, 15) is 8.42 Å². The third-order valence-electron chi connectivity index (χ3n) is 3.83. The van der Waals surface area contributed by atoms with Crippen molar-refractivity contribution in [1.29, 1.82) is 0 Å². The van der Waals surface area contributed by atoms with Gasteiger partial charge < -0.3 is 5.32 Å². The van der Waals surface area contributed by atoms with E-state index in [-0.39, 0.29) is 5.75 Å². The Balaban J connectivity index is 2.15. The molecule has 0 heterocycles. The zero-order chi connectivity index (χ0) is 14.1. The maximum absolute atomic E-state index is 11.8. The predicted octanol–water partition coefficient (Wildman–Crippen LogP) is 2.12. The molecule has 1 fully saturated rings. The smallest absolute Gasteiger partial charge is 0.211 e. The van der Waals surface area contributed by atoms with E-state index in [1.165, 1.54) is 25.7 Å². The van der Waals surface area contributed by atoms with Gasteiger partial charge in [0.1, 0.15) is 0 Å². The Kier molecular flexibility index (Phi) is 7.95. The molecule has 1 aliphatic carbocycles. The van der Waals surface area contributed by atoms with Gasteiger partial charge in [0.15, 0.2) is 0 Å². The van der Waals surface area contributed by atoms with E-state index in [2.05, 4.69) is 23.9 Å². The first-order valence-corrected chi connectivity index (χ1v) is 9.36. The summed E-state index contributed by atoms with van der Waals surface area (Å²) in [4.78, 5) is 0. The summed E-state index contributed by atoms with van der Waals surface area (Å²) in [6, 6.07) is 0. The van der Waals surface area contributed by atoms with Crippen LogP contribution >= 0.6 is 0 Å². The second-order valence-corrected chi connectivity index (χ2v) is 7.84. The monoisotopic (exact) mass is 290 g/mol. The second kappa shape index (κ2) is 8.93. The molecule has 0 aromatic carbocycles. The third-order valence-corrected chi connectivity index (χ3v) is 5.26. The summed E-state index contributed by atoms with van der Waals surface area (Å²) in [5.74, 6) is 1.53. The van der Waals surface area contributed by atoms with Crippen molar-refractivity contribution < 1.29 is 8.42 Å². The highest BCUT2D eigenvalue weighted by Crippen LogP contribution is 2.27. The van der Waals surface area contributed by atoms with Crippen LogP contribution in [0.25, 0.3) is 0 Å². The van der Waals surface area contributed by atoms with Crippen LogP contribution in [-0.4, -0.2) is 33.8 Å². The minimum Gasteiger partial charge on any atom is -0.317 e. The number of hydrogen-bond acceptors (Lipinski definition) is 3. The number of hydrogen-bond donors (Lipinski definition) is 2. The Morgan fingerprint density at radius 3 is 2.68 bits per heavy atom. The molecule has 5 heteroatoms. The largest absolute Gasteiger partial charge is 0.317 e. The second-order valence-electron chi connectivity index (χ2n) is 5.91. The van der Waals surface area contributed by atoms with E-state index >= 15 is 0 Å². The zero-order valence-corrected chi connectivity index (χ0v) is 13.3. The quantitative estimate of drug-likeness (QED) is 0.640. The minimum absolute atomic E-state index is 0.242. The van der Waals surface area contributed by atoms with E-state index in [1.807, 2.05) is 0 Å². The summed E-state index contributed by atoms with van der Waals surface area (Å²) in [6.45, 7) is 6.76. The molecule has 0 amide bonds. The van der Waals surface area contributed by atoms with Gasteiger partial charge >= 0.3 is 0 Å². The summed E-state index contributed by atoms with van der Waals surface area (Å²) in [5, 5.41) is 3.23. The van der Waals surface area contributed by atoms with Gasteiger partial charge in [-0.25, -0.2) is 13.1 Å². The molecule has 19 heavy (non-hydrogen) atoms. The van der Waals surface area contributed by atoms with Crippen LogP contribution in [0.5, 0.6) is 0 Å². The van der Waals surface area contributed by atoms with Crippen LogP contribution in [0.4, 0.5) is 0 Å². The predicted molar refractivity (Wildman–Crippen MR) is 80.7 cm³/mol. The van der Waals surface area contributed by atoms with Gasteiger partial charge in [-0.3, -0.25) is 0 Å². The van der Waals surface area contributed by atoms with E-state index in [4.69, 9.17) is 0 Å². The highest BCUT2D eigenvalue weighted by atomic mass is 32.2. The number of rotatable bonds is 9. The molecule has 0 radical (unpaired) electrons. The lowest BCUT2D eigenvalue weighted by atomic mass is 9.83. The van der Waals surface area contributed by atoms with Crippen molar-refractivity contribution in [3.05, 3.63) is 0 Å². The molecule has 0 bridgehead atoms. The minimum atomic E-state index is -3.08. The maximum Gasteiger partial charge on any atom is 0.211 e. The average Bonchev–Trinajstić information content (AvgIpc) is 2.36. The van der Waals surface area contributed by atoms with Gasteiger partial charge in [0.05, 0.1) is 5.75 Å². The van der Waals surface area contributed by atoms with Gasteiger partial charge in [-0.2, -0.15) is 0 Å². The van der Waals surface area contributed by atoms with Gasteiger partial charge in [-0.15, -0.1) is 0 Å². The summed E-state index contributed by atoms with van der Waals surface area (Å²) in [7, 11) is -3.08. The molecule has 4 nitrogen and oxygen atoms in total. The molecule has 0 saturated heterocycles. The Morgan fingerprint density at radius 2 is 2.00 bits per heavy atom. The lowest BCUT2D eigenvalue weighted by molar-refractivity contribution is 0.283. The summed E-state index contributed by atoms with van der Waals surface area (Å²) < 4.78 is 26.5. The molecule has 1 aliphatic rings. The van der Waals surface area contributed by atoms with Crippen molar-refractivity contribution in [2.24, 2.45) is 11.8 Å². The summed E-state index contributed by atoms with van der Waals surface area (Å²) in [6.07, 6.45) is 6.66. The molecule has 114 valence electrons. The lowest BCUT2D eigenvalue weighted by Crippen LogP contribution is -2.33. The third kappa shape index (κ3) is 7.90. The van der Waals surface area contributed by atoms with Crippen LogP contribution < -0.4 is 10.0 Å². The Labute approximate surface area is 118 Å². The van der Waals surface area contributed by atoms with Gasteiger partial charge in [0.2, 0.25) is 10.0 Å². The standard InChI is InChI=1S/C14H30N2O2S/c1-3-8-15-9-5-10-19(17,18)16-12-14-7-4-6-13(2)11-14/h13-16H,3-12H2,1-2H3. The topological polar surface area (TPSA) is 58.2 Å². The van der Waals surface area contributed by atoms with Crippen molar-refractivity contribution in [2.45, 2.75) is 52.4 Å². The SMILES string of the molecule is CCCNCCCS(=O)(=O)NCC1CCCC(C)C1. The van der Waals surface area contributed by atoms with Gasteiger partial charge in [0.25, 0.3) is 0 Å². The van der Waals surface area contributed by atoms with Crippen molar-refractivity contribution in [2.75, 3.05) is 25.4 Å². The molecule has 2 atom stereocenters. The molecular weight excluding hydrogens is 260 g/mol. The first-order chi connectivity index (χ1) is 9.03. The first-order valence-electron chi connectivity index (χ1n) is 7.71. The highest BCUT2D eigenvalue weighted by Gasteiger charge is 2.20. The molecule has 0 aromatic rings. The van der Waals surface area contributed by atoms with Crippen LogP contribution in [-0.2, 0) is 10.0 Å². The summed E-state index contributed by atoms with van der Waals surface area (Å²) >= 11 is 0. The molecule has 2 N–H and O–H groups in total. The highest BCUT2D eigenvalue weighted by molar-refractivity contribution is 7.89. The fourth-order valence-electron chi connectivity index (χ4n) is 2.75. The molecule has 0 aliphatic heterocycles. The summed E-state index contributed by atoms with van der Waals surface area (Å²) in [5.41, 5.74) is 0. The lowest BCUT2D eigenvalue weighted by Gasteiger charge is -2.26. The van der Waals surface area contributed by atoms with Crippen LogP contribution in [0, 0.1) is 11.8 Å². The van der Waals surface area contributed by atoms with Crippen LogP contribution in [0.2, 0.25) is 0 Å². The van der Waals surface area contributed by atoms with Crippen molar-refractivity contribution >= 4 is 10.0 Å². The van der Waals surface area contributed by atoms with Gasteiger partial charge in [0, 0.05) is 6.54 Å². The molecule has 2 unspecified atom stereocenters. The Bertz CT molecular complexity index is 330. The average molecular weight is 290 g/mol. The van der Waals surface area contributed by atoms with Crippen LogP contribution in [0.15, 0.2) is 0 Å². The zero-order valence-electron chi connectivity index (χ0n) is 12.5. The van der Waals surface area contributed by atoms with Gasteiger partial charge in [-0.05, 0) is 50.6 Å². The normalized spacial score (nSPS) is 24.5. The van der Waals surface area contributed by atoms with E-state index in [0.717, 1.165) is 25.4 Å². The molecule has 1 rings (SSSR count). The number of nitrogens with one attached hydrogen (secondary N) is 2. The first kappa shape index (κ1) is 16.9. The van der Waals surface area contributed by atoms with Crippen molar-refractivity contribution in [3.8, 4) is 0 Å². The van der Waals surface area contributed by atoms with Gasteiger partial charge in [-0.1, -0.05) is 26.7 Å². The molecule has 0 spiro atoms. The van der Waals surface area contributed by atoms with E-state index in [1.54, 1.807) is 0 Å². The molecule has 0 aromatic heterocycles. The molecular formula is C14H30N2O2S. The number of sulfonamides is 1. The van der Waals surface area contributed by atoms with Crippen molar-refractivity contribution in [3.63, 3.8) is 0 Å². The fourth-order valence-corrected chi connectivity index (χ4v) is 3.91. The fraction of sp³-hybridized carbons (Fsp3) is 1.00. The van der Waals surface area contributed by atoms with Crippen LogP contribution in [0.3, 0.4) is 0 Å². The molecule has 1 saturated carbocycles. The Morgan fingerprint density at radius 1 is 1.21 bits per heavy atom. The van der Waals surface area contributed by atoms with E-state index < -0.39 is 10.0 Å². The van der Waals surface area contributed by atoms with E-state index in [0.29, 0.717) is 18.9 Å². The van der Waals surface area contributed by atoms with Crippen molar-refractivity contribution in [1.82, 2.24) is 10.0 Å². The van der Waals surface area contributed by atoms with Crippen LogP contribution in [0.1, 0.15) is 52.4 Å². The Hall–Kier alpha value is -0.130. The maximum atomic E-state index is 11.8.